The summed E-state index contributed by atoms with van der Waals surface area (Å²) in [4.78, 5) is 32.5. The van der Waals surface area contributed by atoms with E-state index in [1.165, 1.54) is 11.3 Å². The van der Waals surface area contributed by atoms with Crippen molar-refractivity contribution in [1.82, 2.24) is 15.2 Å². The van der Waals surface area contributed by atoms with Crippen molar-refractivity contribution in [1.29, 1.82) is 0 Å². The number of carbonyl (C=O) groups excluding carboxylic acids is 2. The molecular formula is C20H21N3O2S2. The molecule has 0 bridgehead atoms. The third-order valence-corrected chi connectivity index (χ3v) is 6.67. The highest BCUT2D eigenvalue weighted by atomic mass is 32.1. The topological polar surface area (TPSA) is 62.3 Å². The number of thiophene rings is 1. The van der Waals surface area contributed by atoms with Crippen molar-refractivity contribution in [3.05, 3.63) is 51.7 Å². The summed E-state index contributed by atoms with van der Waals surface area (Å²) < 4.78 is 1.16. The van der Waals surface area contributed by atoms with E-state index in [9.17, 15) is 9.59 Å². The Morgan fingerprint density at radius 1 is 1.30 bits per heavy atom. The highest BCUT2D eigenvalue weighted by molar-refractivity contribution is 7.18. The zero-order valence-corrected chi connectivity index (χ0v) is 16.7. The van der Waals surface area contributed by atoms with E-state index >= 15 is 0 Å². The second-order valence-electron chi connectivity index (χ2n) is 6.82. The number of likely N-dealkylation sites (tertiary alicyclic amines) is 1. The van der Waals surface area contributed by atoms with Gasteiger partial charge in [0.05, 0.1) is 20.1 Å². The maximum absolute atomic E-state index is 12.8. The number of aromatic nitrogens is 1. The van der Waals surface area contributed by atoms with Crippen molar-refractivity contribution in [2.24, 2.45) is 0 Å². The first-order chi connectivity index (χ1) is 13.1. The molecule has 1 fully saturated rings. The zero-order valence-electron chi connectivity index (χ0n) is 15.1. The second kappa shape index (κ2) is 7.78. The SMILES string of the molecule is C[C@@H](Cc1nc2ccccc2s1)NC(=O)[C@@H]1CCCN1C(=O)c1cccs1. The van der Waals surface area contributed by atoms with Gasteiger partial charge in [-0.3, -0.25) is 9.59 Å². The fourth-order valence-electron chi connectivity index (χ4n) is 3.48. The van der Waals surface area contributed by atoms with E-state index in [-0.39, 0.29) is 23.9 Å². The fraction of sp³-hybridized carbons (Fsp3) is 0.350. The molecule has 1 aromatic carbocycles. The van der Waals surface area contributed by atoms with Crippen LogP contribution in [0.25, 0.3) is 10.2 Å². The molecule has 27 heavy (non-hydrogen) atoms. The van der Waals surface area contributed by atoms with Crippen LogP contribution in [0.1, 0.15) is 34.4 Å². The standard InChI is InChI=1S/C20H21N3O2S2/c1-13(12-18-22-14-6-2-3-8-16(14)27-18)21-19(24)15-7-4-10-23(15)20(25)17-9-5-11-26-17/h2-3,5-6,8-9,11,13,15H,4,7,10,12H2,1H3,(H,21,24)/t13-,15-/m0/s1. The lowest BCUT2D eigenvalue weighted by molar-refractivity contribution is -0.125. The van der Waals surface area contributed by atoms with E-state index in [1.54, 1.807) is 16.2 Å². The Morgan fingerprint density at radius 3 is 2.93 bits per heavy atom. The largest absolute Gasteiger partial charge is 0.351 e. The number of thiazole rings is 1. The van der Waals surface area contributed by atoms with Gasteiger partial charge in [-0.05, 0) is 43.3 Å². The molecule has 1 aliphatic rings. The molecule has 4 rings (SSSR count). The highest BCUT2D eigenvalue weighted by Crippen LogP contribution is 2.24. The molecule has 140 valence electrons. The monoisotopic (exact) mass is 399 g/mol. The minimum absolute atomic E-state index is 0.0302. The van der Waals surface area contributed by atoms with Crippen LogP contribution < -0.4 is 5.32 Å². The fourth-order valence-corrected chi connectivity index (χ4v) is 5.26. The molecule has 0 saturated carbocycles. The Hall–Kier alpha value is -2.25. The van der Waals surface area contributed by atoms with E-state index in [0.717, 1.165) is 28.1 Å². The van der Waals surface area contributed by atoms with E-state index in [1.807, 2.05) is 42.6 Å². The molecule has 1 saturated heterocycles. The van der Waals surface area contributed by atoms with Gasteiger partial charge in [-0.2, -0.15) is 0 Å². The summed E-state index contributed by atoms with van der Waals surface area (Å²) in [7, 11) is 0. The Kier molecular flexibility index (Phi) is 5.22. The molecule has 0 radical (unpaired) electrons. The summed E-state index contributed by atoms with van der Waals surface area (Å²) in [5.41, 5.74) is 1.000. The van der Waals surface area contributed by atoms with E-state index in [2.05, 4.69) is 16.4 Å². The van der Waals surface area contributed by atoms with E-state index < -0.39 is 0 Å². The molecule has 5 nitrogen and oxygen atoms in total. The molecule has 3 aromatic rings. The molecule has 2 amide bonds. The minimum Gasteiger partial charge on any atom is -0.351 e. The van der Waals surface area contributed by atoms with Crippen LogP contribution in [0, 0.1) is 0 Å². The van der Waals surface area contributed by atoms with Gasteiger partial charge >= 0.3 is 0 Å². The Bertz CT molecular complexity index is 918. The van der Waals surface area contributed by atoms with Crippen LogP contribution in [0.15, 0.2) is 41.8 Å². The second-order valence-corrected chi connectivity index (χ2v) is 8.89. The molecule has 0 spiro atoms. The van der Waals surface area contributed by atoms with Gasteiger partial charge in [0.1, 0.15) is 6.04 Å². The Morgan fingerprint density at radius 2 is 2.15 bits per heavy atom. The van der Waals surface area contributed by atoms with Gasteiger partial charge in [-0.25, -0.2) is 4.98 Å². The quantitative estimate of drug-likeness (QED) is 0.711. The number of amides is 2. The summed E-state index contributed by atoms with van der Waals surface area (Å²) >= 11 is 3.08. The van der Waals surface area contributed by atoms with Gasteiger partial charge in [0.15, 0.2) is 0 Å². The van der Waals surface area contributed by atoms with Crippen molar-refractivity contribution in [2.75, 3.05) is 6.54 Å². The normalized spacial score (nSPS) is 18.0. The molecule has 7 heteroatoms. The van der Waals surface area contributed by atoms with Gasteiger partial charge in [0.2, 0.25) is 5.91 Å². The molecule has 0 aliphatic carbocycles. The summed E-state index contributed by atoms with van der Waals surface area (Å²) in [5, 5.41) is 5.99. The molecular weight excluding hydrogens is 378 g/mol. The number of nitrogens with zero attached hydrogens (tertiary/aromatic N) is 2. The lowest BCUT2D eigenvalue weighted by Gasteiger charge is -2.25. The maximum Gasteiger partial charge on any atom is 0.264 e. The number of carbonyl (C=O) groups is 2. The third-order valence-electron chi connectivity index (χ3n) is 4.76. The van der Waals surface area contributed by atoms with Gasteiger partial charge < -0.3 is 10.2 Å². The zero-order chi connectivity index (χ0) is 18.8. The highest BCUT2D eigenvalue weighted by Gasteiger charge is 2.35. The molecule has 0 unspecified atom stereocenters. The molecule has 2 aromatic heterocycles. The van der Waals surface area contributed by atoms with Crippen LogP contribution in [0.3, 0.4) is 0 Å². The van der Waals surface area contributed by atoms with E-state index in [0.29, 0.717) is 17.8 Å². The summed E-state index contributed by atoms with van der Waals surface area (Å²) in [6, 6.07) is 11.3. The average Bonchev–Trinajstić information content (AvgIpc) is 3.39. The minimum atomic E-state index is -0.377. The lowest BCUT2D eigenvalue weighted by atomic mass is 10.1. The lowest BCUT2D eigenvalue weighted by Crippen LogP contribution is -2.48. The number of hydrogen-bond acceptors (Lipinski definition) is 5. The maximum atomic E-state index is 12.8. The van der Waals surface area contributed by atoms with Crippen molar-refractivity contribution < 1.29 is 9.59 Å². The number of para-hydroxylation sites is 1. The van der Waals surface area contributed by atoms with Crippen molar-refractivity contribution in [2.45, 2.75) is 38.3 Å². The Balaban J connectivity index is 1.39. The van der Waals surface area contributed by atoms with Crippen molar-refractivity contribution >= 4 is 44.7 Å². The molecule has 1 N–H and O–H groups in total. The number of benzene rings is 1. The van der Waals surface area contributed by atoms with Crippen molar-refractivity contribution in [3.8, 4) is 0 Å². The number of nitrogens with one attached hydrogen (secondary N) is 1. The van der Waals surface area contributed by atoms with Crippen LogP contribution in [0.2, 0.25) is 0 Å². The van der Waals surface area contributed by atoms with Gasteiger partial charge in [0.25, 0.3) is 5.91 Å². The molecule has 2 atom stereocenters. The van der Waals surface area contributed by atoms with Gasteiger partial charge in [-0.15, -0.1) is 22.7 Å². The first-order valence-corrected chi connectivity index (χ1v) is 10.8. The van der Waals surface area contributed by atoms with E-state index in [4.69, 9.17) is 0 Å². The van der Waals surface area contributed by atoms with Crippen LogP contribution in [-0.4, -0.2) is 40.3 Å². The summed E-state index contributed by atoms with van der Waals surface area (Å²) in [6.45, 7) is 2.63. The van der Waals surface area contributed by atoms with Crippen LogP contribution in [-0.2, 0) is 11.2 Å². The molecule has 3 heterocycles. The van der Waals surface area contributed by atoms with Crippen LogP contribution in [0.4, 0.5) is 0 Å². The predicted octanol–water partition coefficient (Wildman–Crippen LogP) is 3.71. The number of fused-ring (bicyclic) bond motifs is 1. The van der Waals surface area contributed by atoms with Gasteiger partial charge in [-0.1, -0.05) is 18.2 Å². The Labute approximate surface area is 166 Å². The smallest absolute Gasteiger partial charge is 0.264 e. The predicted molar refractivity (Wildman–Crippen MR) is 109 cm³/mol. The number of hydrogen-bond donors (Lipinski definition) is 1. The van der Waals surface area contributed by atoms with Gasteiger partial charge in [0, 0.05) is 19.0 Å². The van der Waals surface area contributed by atoms with Crippen LogP contribution in [0.5, 0.6) is 0 Å². The average molecular weight is 400 g/mol. The first kappa shape index (κ1) is 18.1. The summed E-state index contributed by atoms with van der Waals surface area (Å²) in [6.07, 6.45) is 2.27. The summed E-state index contributed by atoms with van der Waals surface area (Å²) in [5.74, 6) is -0.104. The third kappa shape index (κ3) is 3.89. The first-order valence-electron chi connectivity index (χ1n) is 9.11. The number of rotatable bonds is 5. The van der Waals surface area contributed by atoms with Crippen LogP contribution >= 0.6 is 22.7 Å². The molecule has 1 aliphatic heterocycles. The van der Waals surface area contributed by atoms with Crippen molar-refractivity contribution in [3.63, 3.8) is 0 Å².